The number of hydrogen-bond donors (Lipinski definition) is 2. The van der Waals surface area contributed by atoms with Crippen molar-refractivity contribution < 1.29 is 4.79 Å². The van der Waals surface area contributed by atoms with Crippen LogP contribution < -0.4 is 10.6 Å². The van der Waals surface area contributed by atoms with E-state index in [9.17, 15) is 4.79 Å². The van der Waals surface area contributed by atoms with Crippen molar-refractivity contribution in [3.05, 3.63) is 52.9 Å². The first-order valence-corrected chi connectivity index (χ1v) is 8.18. The first-order valence-electron chi connectivity index (χ1n) is 7.80. The number of nitrogens with zero attached hydrogens (tertiary/aromatic N) is 3. The molecule has 3 N–H and O–H groups in total. The zero-order valence-corrected chi connectivity index (χ0v) is 13.6. The molecular formula is C17H16ClN5O. The highest BCUT2D eigenvalue weighted by Gasteiger charge is 2.31. The standard InChI is InChI=1S/C17H16ClN5O/c18-11-8-10(15(19)24)9-20-17(11)23-7-3-6-14(23)16-21-12-4-1-2-5-13(12)22-16/h1-2,4-5,8-9,14H,3,6-7H2,(H2,19,24)(H,21,22)/t14-/m0/s1. The number of benzene rings is 1. The minimum Gasteiger partial charge on any atom is -0.366 e. The maximum atomic E-state index is 11.3. The number of nitrogens with two attached hydrogens (primary N) is 1. The van der Waals surface area contributed by atoms with Crippen molar-refractivity contribution in [1.82, 2.24) is 15.0 Å². The van der Waals surface area contributed by atoms with Crippen LogP contribution in [0.5, 0.6) is 0 Å². The minimum atomic E-state index is -0.536. The van der Waals surface area contributed by atoms with E-state index in [1.807, 2.05) is 24.3 Å². The van der Waals surface area contributed by atoms with Crippen LogP contribution in [0.2, 0.25) is 5.02 Å². The second kappa shape index (κ2) is 5.79. The van der Waals surface area contributed by atoms with E-state index in [4.69, 9.17) is 22.3 Å². The van der Waals surface area contributed by atoms with Gasteiger partial charge in [-0.15, -0.1) is 0 Å². The number of para-hydroxylation sites is 2. The first kappa shape index (κ1) is 15.0. The van der Waals surface area contributed by atoms with Crippen LogP contribution in [0.3, 0.4) is 0 Å². The number of H-pyrrole nitrogens is 1. The lowest BCUT2D eigenvalue weighted by atomic mass is 10.2. The summed E-state index contributed by atoms with van der Waals surface area (Å²) in [6, 6.07) is 9.61. The van der Waals surface area contributed by atoms with E-state index in [0.29, 0.717) is 16.4 Å². The molecule has 2 aromatic heterocycles. The molecule has 0 aliphatic carbocycles. The van der Waals surface area contributed by atoms with Crippen molar-refractivity contribution in [2.45, 2.75) is 18.9 Å². The Morgan fingerprint density at radius 1 is 1.38 bits per heavy atom. The van der Waals surface area contributed by atoms with Crippen LogP contribution in [-0.2, 0) is 0 Å². The summed E-state index contributed by atoms with van der Waals surface area (Å²) in [5.41, 5.74) is 7.55. The highest BCUT2D eigenvalue weighted by atomic mass is 35.5. The molecule has 6 nitrogen and oxygen atoms in total. The molecule has 122 valence electrons. The maximum absolute atomic E-state index is 11.3. The Bertz CT molecular complexity index is 889. The number of halogens is 1. The number of aromatic amines is 1. The van der Waals surface area contributed by atoms with Crippen molar-refractivity contribution in [2.24, 2.45) is 5.73 Å². The molecule has 0 radical (unpaired) electrons. The smallest absolute Gasteiger partial charge is 0.250 e. The number of aromatic nitrogens is 3. The maximum Gasteiger partial charge on any atom is 0.250 e. The van der Waals surface area contributed by atoms with E-state index in [1.54, 1.807) is 6.07 Å². The van der Waals surface area contributed by atoms with Crippen LogP contribution in [0, 0.1) is 0 Å². The summed E-state index contributed by atoms with van der Waals surface area (Å²) in [4.78, 5) is 25.9. The number of imidazole rings is 1. The Balaban J connectivity index is 1.71. The molecule has 3 aromatic rings. The summed E-state index contributed by atoms with van der Waals surface area (Å²) in [7, 11) is 0. The van der Waals surface area contributed by atoms with Crippen LogP contribution in [0.25, 0.3) is 11.0 Å². The number of primary amides is 1. The Kier molecular flexibility index (Phi) is 3.61. The van der Waals surface area contributed by atoms with E-state index in [1.165, 1.54) is 6.20 Å². The number of rotatable bonds is 3. The molecule has 24 heavy (non-hydrogen) atoms. The van der Waals surface area contributed by atoms with Gasteiger partial charge in [-0.25, -0.2) is 9.97 Å². The third-order valence-corrected chi connectivity index (χ3v) is 4.63. The number of fused-ring (bicyclic) bond motifs is 1. The van der Waals surface area contributed by atoms with Gasteiger partial charge in [-0.3, -0.25) is 4.79 Å². The second-order valence-electron chi connectivity index (χ2n) is 5.88. The molecule has 0 spiro atoms. The molecule has 3 heterocycles. The molecule has 1 atom stereocenters. The van der Waals surface area contributed by atoms with Gasteiger partial charge >= 0.3 is 0 Å². The van der Waals surface area contributed by atoms with E-state index in [0.717, 1.165) is 36.2 Å². The lowest BCUT2D eigenvalue weighted by Crippen LogP contribution is -2.25. The minimum absolute atomic E-state index is 0.0850. The molecule has 1 amide bonds. The SMILES string of the molecule is NC(=O)c1cnc(N2CCC[C@H]2c2nc3ccccc3[nH]2)c(Cl)c1. The molecule has 1 aromatic carbocycles. The largest absolute Gasteiger partial charge is 0.366 e. The molecule has 1 aliphatic heterocycles. The van der Waals surface area contributed by atoms with Gasteiger partial charge in [-0.05, 0) is 31.0 Å². The van der Waals surface area contributed by atoms with Crippen LogP contribution in [0.1, 0.15) is 35.1 Å². The Labute approximate surface area is 143 Å². The fourth-order valence-electron chi connectivity index (χ4n) is 3.21. The van der Waals surface area contributed by atoms with Gasteiger partial charge < -0.3 is 15.6 Å². The topological polar surface area (TPSA) is 87.9 Å². The monoisotopic (exact) mass is 341 g/mol. The number of carbonyl (C=O) groups is 1. The van der Waals surface area contributed by atoms with E-state index < -0.39 is 5.91 Å². The summed E-state index contributed by atoms with van der Waals surface area (Å²) >= 11 is 6.34. The molecule has 0 unspecified atom stereocenters. The number of pyridine rings is 1. The number of anilines is 1. The molecule has 1 aliphatic rings. The molecule has 0 saturated carbocycles. The lowest BCUT2D eigenvalue weighted by molar-refractivity contribution is 0.1000. The summed E-state index contributed by atoms with van der Waals surface area (Å²) in [6.45, 7) is 0.838. The van der Waals surface area contributed by atoms with Crippen LogP contribution in [0.4, 0.5) is 5.82 Å². The van der Waals surface area contributed by atoms with Crippen LogP contribution in [0.15, 0.2) is 36.5 Å². The average molecular weight is 342 g/mol. The van der Waals surface area contributed by atoms with Gasteiger partial charge in [0.2, 0.25) is 5.91 Å². The van der Waals surface area contributed by atoms with Crippen molar-refractivity contribution in [3.63, 3.8) is 0 Å². The number of hydrogen-bond acceptors (Lipinski definition) is 4. The first-order chi connectivity index (χ1) is 11.6. The van der Waals surface area contributed by atoms with Gasteiger partial charge in [-0.1, -0.05) is 23.7 Å². The molecular weight excluding hydrogens is 326 g/mol. The van der Waals surface area contributed by atoms with E-state index in [2.05, 4.69) is 14.9 Å². The summed E-state index contributed by atoms with van der Waals surface area (Å²) in [5.74, 6) is 1.03. The molecule has 1 fully saturated rings. The van der Waals surface area contributed by atoms with Gasteiger partial charge in [0, 0.05) is 12.7 Å². The highest BCUT2D eigenvalue weighted by molar-refractivity contribution is 6.33. The zero-order chi connectivity index (χ0) is 16.7. The van der Waals surface area contributed by atoms with Crippen LogP contribution >= 0.6 is 11.6 Å². The summed E-state index contributed by atoms with van der Waals surface area (Å²) in [6.07, 6.45) is 3.46. The highest BCUT2D eigenvalue weighted by Crippen LogP contribution is 2.37. The molecule has 7 heteroatoms. The quantitative estimate of drug-likeness (QED) is 0.766. The summed E-state index contributed by atoms with van der Waals surface area (Å²) in [5, 5.41) is 0.425. The van der Waals surface area contributed by atoms with Crippen molar-refractivity contribution in [3.8, 4) is 0 Å². The van der Waals surface area contributed by atoms with Gasteiger partial charge in [0.1, 0.15) is 11.6 Å². The molecule has 1 saturated heterocycles. The third kappa shape index (κ3) is 2.49. The number of nitrogens with one attached hydrogen (secondary N) is 1. The Hall–Kier alpha value is -2.60. The van der Waals surface area contributed by atoms with E-state index in [-0.39, 0.29) is 6.04 Å². The van der Waals surface area contributed by atoms with Crippen molar-refractivity contribution in [2.75, 3.05) is 11.4 Å². The number of carbonyl (C=O) groups excluding carboxylic acids is 1. The fraction of sp³-hybridized carbons (Fsp3) is 0.235. The van der Waals surface area contributed by atoms with Crippen LogP contribution in [-0.4, -0.2) is 27.4 Å². The van der Waals surface area contributed by atoms with Gasteiger partial charge in [-0.2, -0.15) is 0 Å². The normalized spacial score (nSPS) is 17.5. The Morgan fingerprint density at radius 2 is 2.21 bits per heavy atom. The van der Waals surface area contributed by atoms with Gasteiger partial charge in [0.15, 0.2) is 0 Å². The number of amides is 1. The Morgan fingerprint density at radius 3 is 2.96 bits per heavy atom. The third-order valence-electron chi connectivity index (χ3n) is 4.35. The van der Waals surface area contributed by atoms with Gasteiger partial charge in [0.25, 0.3) is 0 Å². The van der Waals surface area contributed by atoms with E-state index >= 15 is 0 Å². The predicted octanol–water partition coefficient (Wildman–Crippen LogP) is 3.05. The van der Waals surface area contributed by atoms with Crippen molar-refractivity contribution >= 4 is 34.4 Å². The fourth-order valence-corrected chi connectivity index (χ4v) is 3.49. The van der Waals surface area contributed by atoms with Crippen molar-refractivity contribution in [1.29, 1.82) is 0 Å². The molecule has 0 bridgehead atoms. The van der Waals surface area contributed by atoms with Gasteiger partial charge in [0.05, 0.1) is 27.7 Å². The zero-order valence-electron chi connectivity index (χ0n) is 12.9. The molecule has 4 rings (SSSR count). The predicted molar refractivity (Wildman–Crippen MR) is 93.2 cm³/mol. The average Bonchev–Trinajstić information content (AvgIpc) is 3.20. The summed E-state index contributed by atoms with van der Waals surface area (Å²) < 4.78 is 0. The lowest BCUT2D eigenvalue weighted by Gasteiger charge is -2.25. The second-order valence-corrected chi connectivity index (χ2v) is 6.29.